The summed E-state index contributed by atoms with van der Waals surface area (Å²) in [5.41, 5.74) is 13.1. The zero-order chi connectivity index (χ0) is 34.9. The first kappa shape index (κ1) is 29.9. The Hall–Kier alpha value is -6.75. The summed E-state index contributed by atoms with van der Waals surface area (Å²) in [6.45, 7) is 0. The molecule has 0 radical (unpaired) electrons. The first-order valence-corrected chi connectivity index (χ1v) is 20.2. The van der Waals surface area contributed by atoms with E-state index < -0.39 is 8.07 Å². The van der Waals surface area contributed by atoms with Gasteiger partial charge < -0.3 is 0 Å². The van der Waals surface area contributed by atoms with Crippen LogP contribution in [0.4, 0.5) is 0 Å². The second-order valence-corrected chi connectivity index (χ2v) is 17.7. The van der Waals surface area contributed by atoms with E-state index in [0.29, 0.717) is 0 Å². The molecule has 0 N–H and O–H groups in total. The van der Waals surface area contributed by atoms with Gasteiger partial charge in [0.1, 0.15) is 0 Å². The maximum atomic E-state index is 5.15. The smallest absolute Gasteiger partial charge is 0.220 e. The van der Waals surface area contributed by atoms with Crippen molar-refractivity contribution in [2.45, 2.75) is 0 Å². The first-order chi connectivity index (χ1) is 26.3. The summed E-state index contributed by atoms with van der Waals surface area (Å²) in [6, 6.07) is 73.9. The molecule has 3 nitrogen and oxygen atoms in total. The van der Waals surface area contributed by atoms with Crippen molar-refractivity contribution in [2.24, 2.45) is 0 Å². The molecule has 0 fully saturated rings. The summed E-state index contributed by atoms with van der Waals surface area (Å²) in [7, 11) is -2.87. The van der Waals surface area contributed by atoms with Gasteiger partial charge in [-0.3, -0.25) is 8.97 Å². The van der Waals surface area contributed by atoms with E-state index in [1.807, 2.05) is 0 Å². The van der Waals surface area contributed by atoms with Gasteiger partial charge in [0.25, 0.3) is 0 Å². The minimum absolute atomic E-state index is 0.917. The van der Waals surface area contributed by atoms with Crippen LogP contribution in [0, 0.1) is 0 Å². The Morgan fingerprint density at radius 1 is 0.377 bits per heavy atom. The number of benzene rings is 8. The molecular formula is C49H33N3Si. The van der Waals surface area contributed by atoms with Crippen LogP contribution in [0.3, 0.4) is 0 Å². The lowest BCUT2D eigenvalue weighted by Crippen LogP contribution is -2.75. The molecule has 53 heavy (non-hydrogen) atoms. The highest BCUT2D eigenvalue weighted by molar-refractivity contribution is 7.21. The lowest BCUT2D eigenvalue weighted by Gasteiger charge is -2.36. The van der Waals surface area contributed by atoms with Crippen LogP contribution in [0.2, 0.25) is 0 Å². The summed E-state index contributed by atoms with van der Waals surface area (Å²) in [4.78, 5) is 5.15. The van der Waals surface area contributed by atoms with Crippen molar-refractivity contribution >= 4 is 56.7 Å². The number of aromatic nitrogens is 3. The van der Waals surface area contributed by atoms with Gasteiger partial charge in [-0.05, 0) is 90.5 Å². The van der Waals surface area contributed by atoms with Crippen molar-refractivity contribution < 1.29 is 0 Å². The van der Waals surface area contributed by atoms with Crippen molar-refractivity contribution in [3.63, 3.8) is 0 Å². The number of hydrogen-bond acceptors (Lipinski definition) is 1. The molecule has 0 amide bonds. The number of para-hydroxylation sites is 4. The average Bonchev–Trinajstić information content (AvgIpc) is 3.73. The van der Waals surface area contributed by atoms with Gasteiger partial charge >= 0.3 is 0 Å². The highest BCUT2D eigenvalue weighted by Crippen LogP contribution is 2.36. The molecule has 1 aliphatic heterocycles. The molecule has 1 aliphatic rings. The van der Waals surface area contributed by atoms with Crippen molar-refractivity contribution in [3.8, 4) is 39.1 Å². The number of fused-ring (bicyclic) bond motifs is 10. The van der Waals surface area contributed by atoms with Crippen LogP contribution < -0.4 is 20.7 Å². The molecule has 8 aromatic carbocycles. The van der Waals surface area contributed by atoms with Crippen LogP contribution in [-0.2, 0) is 0 Å². The number of nitrogens with zero attached hydrogens (tertiary/aromatic N) is 3. The Bertz CT molecular complexity index is 2960. The van der Waals surface area contributed by atoms with E-state index in [4.69, 9.17) is 4.98 Å². The molecule has 2 aromatic heterocycles. The molecule has 0 spiro atoms. The highest BCUT2D eigenvalue weighted by Gasteiger charge is 2.46. The Morgan fingerprint density at radius 3 is 1.62 bits per heavy atom. The Morgan fingerprint density at radius 2 is 0.906 bits per heavy atom. The molecule has 11 rings (SSSR count). The predicted molar refractivity (Wildman–Crippen MR) is 223 cm³/mol. The Labute approximate surface area is 308 Å². The summed E-state index contributed by atoms with van der Waals surface area (Å²) in [5, 5.41) is 5.59. The molecule has 3 heterocycles. The summed E-state index contributed by atoms with van der Waals surface area (Å²) in [6.07, 6.45) is 0. The van der Waals surface area contributed by atoms with Gasteiger partial charge in [0.05, 0.1) is 22.1 Å². The van der Waals surface area contributed by atoms with Gasteiger partial charge in [0.2, 0.25) is 5.78 Å². The molecule has 10 aromatic rings. The molecule has 0 bridgehead atoms. The fourth-order valence-electron chi connectivity index (χ4n) is 9.03. The third-order valence-corrected chi connectivity index (χ3v) is 16.1. The van der Waals surface area contributed by atoms with E-state index in [1.54, 1.807) is 0 Å². The zero-order valence-corrected chi connectivity index (χ0v) is 29.9. The number of imidazole rings is 2. The second-order valence-electron chi connectivity index (χ2n) is 13.9. The van der Waals surface area contributed by atoms with Crippen LogP contribution in [0.25, 0.3) is 66.9 Å². The summed E-state index contributed by atoms with van der Waals surface area (Å²) >= 11 is 0. The minimum Gasteiger partial charge on any atom is -0.278 e. The van der Waals surface area contributed by atoms with Gasteiger partial charge in [-0.15, -0.1) is 0 Å². The van der Waals surface area contributed by atoms with Crippen LogP contribution >= 0.6 is 0 Å². The number of hydrogen-bond donors (Lipinski definition) is 0. The van der Waals surface area contributed by atoms with Gasteiger partial charge in [0.15, 0.2) is 8.07 Å². The Kier molecular flexibility index (Phi) is 6.57. The van der Waals surface area contributed by atoms with Crippen LogP contribution in [0.1, 0.15) is 0 Å². The van der Waals surface area contributed by atoms with Crippen LogP contribution in [0.15, 0.2) is 200 Å². The fraction of sp³-hybridized carbons (Fsp3) is 0. The van der Waals surface area contributed by atoms with Gasteiger partial charge in [0, 0.05) is 5.69 Å². The van der Waals surface area contributed by atoms with Crippen molar-refractivity contribution in [1.29, 1.82) is 0 Å². The van der Waals surface area contributed by atoms with Crippen LogP contribution in [-0.4, -0.2) is 22.0 Å². The third-order valence-electron chi connectivity index (χ3n) is 11.2. The van der Waals surface area contributed by atoms with E-state index >= 15 is 0 Å². The summed E-state index contributed by atoms with van der Waals surface area (Å²) < 4.78 is 4.59. The van der Waals surface area contributed by atoms with E-state index in [2.05, 4.69) is 209 Å². The van der Waals surface area contributed by atoms with Gasteiger partial charge in [-0.25, -0.2) is 4.98 Å². The second kappa shape index (κ2) is 11.6. The average molecular weight is 692 g/mol. The van der Waals surface area contributed by atoms with Crippen molar-refractivity contribution in [1.82, 2.24) is 14.0 Å². The SMILES string of the molecule is c1ccc([Si]2(c3cccc(-c4cccc(-n5c6ccccc6n6c7ccccc7nc56)c4)c3)c3ccccc3-c3ccccc3-c3ccccc32)cc1. The standard InChI is InChI=1S/C49H33N3Si/c1-2-19-37(20-3-1)53(47-30-12-6-24-41(47)39-22-4-5-23-40(39)42-25-7-13-31-48(42)53)38-21-15-17-35(33-38)34-16-14-18-36(32-34)51-45-28-10-11-29-46(45)52-44-27-9-8-26-43(44)50-49(51)52/h1-33H. The molecule has 248 valence electrons. The largest absolute Gasteiger partial charge is 0.278 e. The number of rotatable bonds is 4. The molecule has 0 aliphatic carbocycles. The lowest BCUT2D eigenvalue weighted by molar-refractivity contribution is 1.11. The fourth-order valence-corrected chi connectivity index (χ4v) is 14.2. The van der Waals surface area contributed by atoms with Gasteiger partial charge in [-0.2, -0.15) is 0 Å². The topological polar surface area (TPSA) is 22.2 Å². The minimum atomic E-state index is -2.87. The zero-order valence-electron chi connectivity index (χ0n) is 28.9. The molecule has 0 unspecified atom stereocenters. The van der Waals surface area contributed by atoms with Crippen LogP contribution in [0.5, 0.6) is 0 Å². The van der Waals surface area contributed by atoms with Crippen molar-refractivity contribution in [3.05, 3.63) is 200 Å². The van der Waals surface area contributed by atoms with E-state index in [9.17, 15) is 0 Å². The normalized spacial score (nSPS) is 13.1. The maximum Gasteiger partial charge on any atom is 0.220 e. The maximum absolute atomic E-state index is 5.15. The molecule has 0 saturated carbocycles. The molecule has 0 saturated heterocycles. The monoisotopic (exact) mass is 691 g/mol. The highest BCUT2D eigenvalue weighted by atomic mass is 28.3. The Balaban J connectivity index is 1.17. The lowest BCUT2D eigenvalue weighted by atomic mass is 9.95. The van der Waals surface area contributed by atoms with E-state index in [0.717, 1.165) is 33.5 Å². The predicted octanol–water partition coefficient (Wildman–Crippen LogP) is 9.12. The van der Waals surface area contributed by atoms with E-state index in [-0.39, 0.29) is 0 Å². The van der Waals surface area contributed by atoms with Gasteiger partial charge in [-0.1, -0.05) is 164 Å². The first-order valence-electron chi connectivity index (χ1n) is 18.2. The quantitative estimate of drug-likeness (QED) is 0.169. The van der Waals surface area contributed by atoms with E-state index in [1.165, 1.54) is 54.1 Å². The molecule has 0 atom stereocenters. The van der Waals surface area contributed by atoms with Crippen molar-refractivity contribution in [2.75, 3.05) is 0 Å². The molecular weight excluding hydrogens is 659 g/mol. The third kappa shape index (κ3) is 4.30. The summed E-state index contributed by atoms with van der Waals surface area (Å²) in [5.74, 6) is 0.917. The molecule has 4 heteroatoms.